The Hall–Kier alpha value is -2.11. The highest BCUT2D eigenvalue weighted by Gasteiger charge is 2.36. The van der Waals surface area contributed by atoms with Gasteiger partial charge in [0, 0.05) is 12.5 Å². The van der Waals surface area contributed by atoms with Crippen LogP contribution in [0.15, 0.2) is 22.8 Å². The Morgan fingerprint density at radius 2 is 2.09 bits per heavy atom. The van der Waals surface area contributed by atoms with Crippen molar-refractivity contribution in [1.29, 1.82) is 0 Å². The molecule has 3 heterocycles. The number of nitrogens with one attached hydrogen (secondary N) is 1. The molecule has 122 valence electrons. The lowest BCUT2D eigenvalue weighted by atomic mass is 9.88. The van der Waals surface area contributed by atoms with Gasteiger partial charge in [0.15, 0.2) is 5.76 Å². The van der Waals surface area contributed by atoms with Crippen molar-refractivity contribution in [2.45, 2.75) is 51.0 Å². The molecule has 4 rings (SSSR count). The number of H-pyrrole nitrogens is 1. The molecule has 1 atom stereocenters. The molecule has 23 heavy (non-hydrogen) atoms. The number of furan rings is 1. The third kappa shape index (κ3) is 2.78. The summed E-state index contributed by atoms with van der Waals surface area (Å²) in [7, 11) is 0. The maximum Gasteiger partial charge on any atom is 0.226 e. The SMILES string of the molecule is O=C(C1CCCCC1)N1CCC[C@H]1c1nc(-c2ccco2)n[nH]1. The van der Waals surface area contributed by atoms with Crippen LogP contribution in [-0.4, -0.2) is 32.5 Å². The average molecular weight is 314 g/mol. The van der Waals surface area contributed by atoms with Gasteiger partial charge in [0.2, 0.25) is 11.7 Å². The minimum Gasteiger partial charge on any atom is -0.461 e. The fourth-order valence-corrected chi connectivity index (χ4v) is 3.84. The van der Waals surface area contributed by atoms with Crippen LogP contribution in [0.2, 0.25) is 0 Å². The molecule has 0 unspecified atom stereocenters. The van der Waals surface area contributed by atoms with Crippen molar-refractivity contribution in [2.75, 3.05) is 6.54 Å². The van der Waals surface area contributed by atoms with E-state index in [4.69, 9.17) is 4.42 Å². The van der Waals surface area contributed by atoms with Crippen LogP contribution >= 0.6 is 0 Å². The Morgan fingerprint density at radius 1 is 1.22 bits per heavy atom. The predicted octanol–water partition coefficient (Wildman–Crippen LogP) is 3.31. The average Bonchev–Trinajstić information content (AvgIpc) is 3.34. The van der Waals surface area contributed by atoms with Gasteiger partial charge in [0.05, 0.1) is 12.3 Å². The molecule has 6 heteroatoms. The zero-order chi connectivity index (χ0) is 15.6. The highest BCUT2D eigenvalue weighted by atomic mass is 16.3. The third-order valence-corrected chi connectivity index (χ3v) is 5.05. The van der Waals surface area contributed by atoms with Crippen LogP contribution in [0.4, 0.5) is 0 Å². The van der Waals surface area contributed by atoms with Crippen LogP contribution in [0, 0.1) is 5.92 Å². The third-order valence-electron chi connectivity index (χ3n) is 5.05. The molecule has 2 aliphatic rings. The van der Waals surface area contributed by atoms with Crippen molar-refractivity contribution in [3.63, 3.8) is 0 Å². The van der Waals surface area contributed by atoms with Gasteiger partial charge in [-0.25, -0.2) is 4.98 Å². The minimum absolute atomic E-state index is 0.0284. The number of amides is 1. The number of likely N-dealkylation sites (tertiary alicyclic amines) is 1. The molecule has 1 saturated heterocycles. The standard InChI is InChI=1S/C17H22N4O2/c22-17(12-6-2-1-3-7-12)21-10-4-8-13(21)15-18-16(20-19-15)14-9-5-11-23-14/h5,9,11-13H,1-4,6-8,10H2,(H,18,19,20)/t13-/m0/s1. The summed E-state index contributed by atoms with van der Waals surface area (Å²) in [5.41, 5.74) is 0. The molecule has 2 fully saturated rings. The summed E-state index contributed by atoms with van der Waals surface area (Å²) in [5, 5.41) is 7.25. The van der Waals surface area contributed by atoms with Crippen molar-refractivity contribution in [2.24, 2.45) is 5.92 Å². The first-order valence-corrected chi connectivity index (χ1v) is 8.59. The molecule has 1 aliphatic carbocycles. The molecule has 0 bridgehead atoms. The molecule has 6 nitrogen and oxygen atoms in total. The van der Waals surface area contributed by atoms with E-state index in [2.05, 4.69) is 15.2 Å². The smallest absolute Gasteiger partial charge is 0.226 e. The largest absolute Gasteiger partial charge is 0.461 e. The zero-order valence-corrected chi connectivity index (χ0v) is 13.2. The molecule has 1 N–H and O–H groups in total. The van der Waals surface area contributed by atoms with Crippen LogP contribution < -0.4 is 0 Å². The molecule has 1 aliphatic heterocycles. The van der Waals surface area contributed by atoms with Crippen molar-refractivity contribution >= 4 is 5.91 Å². The Morgan fingerprint density at radius 3 is 2.87 bits per heavy atom. The molecule has 1 amide bonds. The topological polar surface area (TPSA) is 75.0 Å². The molecular weight excluding hydrogens is 292 g/mol. The summed E-state index contributed by atoms with van der Waals surface area (Å²) < 4.78 is 5.34. The monoisotopic (exact) mass is 314 g/mol. The molecule has 1 saturated carbocycles. The van der Waals surface area contributed by atoms with E-state index < -0.39 is 0 Å². The van der Waals surface area contributed by atoms with E-state index in [0.29, 0.717) is 17.5 Å². The van der Waals surface area contributed by atoms with Crippen molar-refractivity contribution in [3.05, 3.63) is 24.2 Å². The fourth-order valence-electron chi connectivity index (χ4n) is 3.84. The number of hydrogen-bond acceptors (Lipinski definition) is 4. The predicted molar refractivity (Wildman–Crippen MR) is 84.3 cm³/mol. The molecule has 2 aromatic heterocycles. The van der Waals surface area contributed by atoms with E-state index in [1.54, 1.807) is 6.26 Å². The van der Waals surface area contributed by atoms with Crippen LogP contribution in [0.25, 0.3) is 11.6 Å². The van der Waals surface area contributed by atoms with Gasteiger partial charge in [0.25, 0.3) is 0 Å². The van der Waals surface area contributed by atoms with Gasteiger partial charge in [-0.05, 0) is 37.8 Å². The van der Waals surface area contributed by atoms with E-state index in [-0.39, 0.29) is 12.0 Å². The van der Waals surface area contributed by atoms with Gasteiger partial charge in [-0.15, -0.1) is 5.10 Å². The summed E-state index contributed by atoms with van der Waals surface area (Å²) in [5.74, 6) is 2.50. The Kier molecular flexibility index (Phi) is 3.89. The number of hydrogen-bond donors (Lipinski definition) is 1. The molecule has 0 radical (unpaired) electrons. The highest BCUT2D eigenvalue weighted by molar-refractivity contribution is 5.79. The van der Waals surface area contributed by atoms with E-state index in [0.717, 1.165) is 38.1 Å². The van der Waals surface area contributed by atoms with Crippen LogP contribution in [0.5, 0.6) is 0 Å². The van der Waals surface area contributed by atoms with Crippen LogP contribution in [0.3, 0.4) is 0 Å². The lowest BCUT2D eigenvalue weighted by molar-refractivity contribution is -0.137. The maximum absolute atomic E-state index is 12.9. The minimum atomic E-state index is 0.0284. The fraction of sp³-hybridized carbons (Fsp3) is 0.588. The van der Waals surface area contributed by atoms with E-state index in [1.165, 1.54) is 19.3 Å². The van der Waals surface area contributed by atoms with Gasteiger partial charge >= 0.3 is 0 Å². The summed E-state index contributed by atoms with van der Waals surface area (Å²) in [6, 6.07) is 3.69. The van der Waals surface area contributed by atoms with E-state index in [9.17, 15) is 4.79 Å². The quantitative estimate of drug-likeness (QED) is 0.943. The second-order valence-electron chi connectivity index (χ2n) is 6.55. The van der Waals surface area contributed by atoms with Crippen molar-refractivity contribution < 1.29 is 9.21 Å². The maximum atomic E-state index is 12.9. The normalized spacial score (nSPS) is 22.6. The number of carbonyl (C=O) groups is 1. The summed E-state index contributed by atoms with van der Waals surface area (Å²) in [4.78, 5) is 19.4. The summed E-state index contributed by atoms with van der Waals surface area (Å²) in [6.07, 6.45) is 9.29. The van der Waals surface area contributed by atoms with E-state index in [1.807, 2.05) is 17.0 Å². The number of carbonyl (C=O) groups excluding carboxylic acids is 1. The van der Waals surface area contributed by atoms with Crippen molar-refractivity contribution in [3.8, 4) is 11.6 Å². The number of aromatic amines is 1. The number of rotatable bonds is 3. The Labute approximate surface area is 135 Å². The highest BCUT2D eigenvalue weighted by Crippen LogP contribution is 2.35. The summed E-state index contributed by atoms with van der Waals surface area (Å²) in [6.45, 7) is 0.830. The van der Waals surface area contributed by atoms with Gasteiger partial charge in [0.1, 0.15) is 5.82 Å². The lowest BCUT2D eigenvalue weighted by Gasteiger charge is -2.29. The Balaban J connectivity index is 1.52. The van der Waals surface area contributed by atoms with Gasteiger partial charge < -0.3 is 9.32 Å². The van der Waals surface area contributed by atoms with Crippen LogP contribution in [0.1, 0.15) is 56.8 Å². The van der Waals surface area contributed by atoms with E-state index >= 15 is 0 Å². The number of aromatic nitrogens is 3. The zero-order valence-electron chi connectivity index (χ0n) is 13.2. The Bertz CT molecular complexity index is 658. The van der Waals surface area contributed by atoms with Crippen molar-refractivity contribution in [1.82, 2.24) is 20.1 Å². The first kappa shape index (κ1) is 14.5. The van der Waals surface area contributed by atoms with Crippen LogP contribution in [-0.2, 0) is 4.79 Å². The van der Waals surface area contributed by atoms with Gasteiger partial charge in [-0.2, -0.15) is 0 Å². The second-order valence-corrected chi connectivity index (χ2v) is 6.55. The van der Waals surface area contributed by atoms with Gasteiger partial charge in [-0.3, -0.25) is 9.89 Å². The second kappa shape index (κ2) is 6.18. The van der Waals surface area contributed by atoms with Gasteiger partial charge in [-0.1, -0.05) is 19.3 Å². The molecule has 2 aromatic rings. The molecular formula is C17H22N4O2. The summed E-state index contributed by atoms with van der Waals surface area (Å²) >= 11 is 0. The molecule has 0 aromatic carbocycles. The number of nitrogens with zero attached hydrogens (tertiary/aromatic N) is 3. The lowest BCUT2D eigenvalue weighted by Crippen LogP contribution is -2.36. The first-order valence-electron chi connectivity index (χ1n) is 8.59. The first-order chi connectivity index (χ1) is 11.3. The molecule has 0 spiro atoms.